The van der Waals surface area contributed by atoms with E-state index in [2.05, 4.69) is 20.9 Å². The number of nitrogens with two attached hydrogens (primary N) is 2. The van der Waals surface area contributed by atoms with Crippen LogP contribution in [0.3, 0.4) is 0 Å². The van der Waals surface area contributed by atoms with Crippen LogP contribution in [0.15, 0.2) is 54.0 Å². The summed E-state index contributed by atoms with van der Waals surface area (Å²) in [5, 5.41) is 19.1. The fourth-order valence-corrected chi connectivity index (χ4v) is 7.01. The van der Waals surface area contributed by atoms with Crippen LogP contribution in [0.5, 0.6) is 0 Å². The Morgan fingerprint density at radius 1 is 0.944 bits per heavy atom. The van der Waals surface area contributed by atoms with E-state index < -0.39 is 41.5 Å². The molecule has 4 rings (SSSR count). The van der Waals surface area contributed by atoms with Crippen molar-refractivity contribution in [3.05, 3.63) is 76.4 Å². The van der Waals surface area contributed by atoms with Gasteiger partial charge >= 0.3 is 0 Å². The minimum absolute atomic E-state index is 0. The summed E-state index contributed by atoms with van der Waals surface area (Å²) in [6.07, 6.45) is 1.85. The molecule has 1 aromatic heterocycles. The quantitative estimate of drug-likeness (QED) is 0.112. The summed E-state index contributed by atoms with van der Waals surface area (Å²) in [6.45, 7) is 8.15. The van der Waals surface area contributed by atoms with E-state index in [1.807, 2.05) is 81.7 Å². The first kappa shape index (κ1) is 44.0. The lowest BCUT2D eigenvalue weighted by Gasteiger charge is -2.35. The number of hydrogen-bond donors (Lipinski definition) is 6. The van der Waals surface area contributed by atoms with Crippen LogP contribution >= 0.6 is 23.7 Å². The van der Waals surface area contributed by atoms with Crippen molar-refractivity contribution >= 4 is 53.3 Å². The number of β-amino-alcohol motifs (C(OH)–C–C–N with tert-alkyl or cyclic N) is 1. The van der Waals surface area contributed by atoms with Gasteiger partial charge < -0.3 is 37.4 Å². The first-order chi connectivity index (χ1) is 25.1. The van der Waals surface area contributed by atoms with Crippen LogP contribution in [0.2, 0.25) is 0 Å². The first-order valence-electron chi connectivity index (χ1n) is 18.1. The van der Waals surface area contributed by atoms with Crippen molar-refractivity contribution in [1.29, 1.82) is 0 Å². The molecule has 54 heavy (non-hydrogen) atoms. The molecule has 0 radical (unpaired) electrons. The van der Waals surface area contributed by atoms with Crippen molar-refractivity contribution in [3.8, 4) is 10.4 Å². The van der Waals surface area contributed by atoms with E-state index in [4.69, 9.17) is 11.5 Å². The Labute approximate surface area is 327 Å². The van der Waals surface area contributed by atoms with Crippen LogP contribution in [0.1, 0.15) is 81.7 Å². The van der Waals surface area contributed by atoms with Gasteiger partial charge in [-0.1, -0.05) is 69.3 Å². The van der Waals surface area contributed by atoms with Crippen LogP contribution in [0, 0.1) is 12.3 Å². The number of amides is 5. The second kappa shape index (κ2) is 20.3. The summed E-state index contributed by atoms with van der Waals surface area (Å²) in [4.78, 5) is 70.3. The average Bonchev–Trinajstić information content (AvgIpc) is 3.74. The Kier molecular flexibility index (Phi) is 16.6. The molecule has 0 aliphatic carbocycles. The normalized spacial score (nSPS) is 16.5. The zero-order chi connectivity index (χ0) is 38.7. The highest BCUT2D eigenvalue weighted by atomic mass is 35.5. The Morgan fingerprint density at radius 3 is 2.15 bits per heavy atom. The second-order valence-corrected chi connectivity index (χ2v) is 15.7. The number of halogens is 1. The third-order valence-electron chi connectivity index (χ3n) is 9.36. The van der Waals surface area contributed by atoms with Gasteiger partial charge in [0.15, 0.2) is 0 Å². The molecule has 0 saturated carbocycles. The van der Waals surface area contributed by atoms with Crippen molar-refractivity contribution in [2.75, 3.05) is 6.54 Å². The van der Waals surface area contributed by atoms with Gasteiger partial charge in [-0.15, -0.1) is 23.7 Å². The first-order valence-corrected chi connectivity index (χ1v) is 18.9. The highest BCUT2D eigenvalue weighted by Gasteiger charge is 2.44. The van der Waals surface area contributed by atoms with Gasteiger partial charge in [0.05, 0.1) is 28.2 Å². The Balaban J connectivity index is 0.00000784. The number of unbranched alkanes of at least 4 members (excludes halogenated alkanes) is 1. The summed E-state index contributed by atoms with van der Waals surface area (Å²) in [6, 6.07) is 13.1. The number of nitrogens with one attached hydrogen (secondary N) is 3. The molecule has 1 fully saturated rings. The number of aryl methyl sites for hydroxylation is 2. The second-order valence-electron chi connectivity index (χ2n) is 14.8. The topological polar surface area (TPSA) is 210 Å². The van der Waals surface area contributed by atoms with E-state index >= 15 is 0 Å². The van der Waals surface area contributed by atoms with Gasteiger partial charge in [0, 0.05) is 38.9 Å². The Hall–Kier alpha value is -4.37. The number of carbonyl (C=O) groups is 5. The standard InChI is InChI=1S/C39H53N7O6S.ClH/c1-24-34(53-23-44-24)28-15-13-27(14-16-28)21-43-37(51)31-19-29(47)22-46(31)38(52)35(39(2,3)4)45-33(49)8-6-5-7-25-9-11-26(12-10-25)20-42-36(50)30(40)17-18-32(41)48;/h9-16,23,29-31,35,47H,5-8,17-22,40H2,1-4H3,(H2,41,48)(H,42,50)(H,43,51)(H,45,49);1H/t29-,30+,31+,35-;/m1./s1. The third-order valence-corrected chi connectivity index (χ3v) is 10.3. The van der Waals surface area contributed by atoms with Crippen molar-refractivity contribution in [2.24, 2.45) is 16.9 Å². The van der Waals surface area contributed by atoms with Gasteiger partial charge in [0.2, 0.25) is 29.5 Å². The van der Waals surface area contributed by atoms with Gasteiger partial charge in [0.1, 0.15) is 12.1 Å². The van der Waals surface area contributed by atoms with Crippen LogP contribution in [0.25, 0.3) is 10.4 Å². The number of primary amides is 1. The van der Waals surface area contributed by atoms with E-state index in [0.717, 1.165) is 45.7 Å². The smallest absolute Gasteiger partial charge is 0.246 e. The third kappa shape index (κ3) is 12.9. The number of carbonyl (C=O) groups excluding carboxylic acids is 5. The molecule has 3 aromatic rings. The van der Waals surface area contributed by atoms with Crippen LogP contribution in [0.4, 0.5) is 0 Å². The highest BCUT2D eigenvalue weighted by molar-refractivity contribution is 7.13. The van der Waals surface area contributed by atoms with E-state index in [9.17, 15) is 29.1 Å². The number of rotatable bonds is 17. The van der Waals surface area contributed by atoms with Gasteiger partial charge in [-0.05, 0) is 60.3 Å². The van der Waals surface area contributed by atoms with E-state index in [0.29, 0.717) is 13.0 Å². The highest BCUT2D eigenvalue weighted by Crippen LogP contribution is 2.28. The number of nitrogens with zero attached hydrogens (tertiary/aromatic N) is 2. The largest absolute Gasteiger partial charge is 0.391 e. The number of thiazole rings is 1. The number of likely N-dealkylation sites (tertiary alicyclic amines) is 1. The molecule has 2 aromatic carbocycles. The summed E-state index contributed by atoms with van der Waals surface area (Å²) >= 11 is 1.57. The number of aromatic nitrogens is 1. The molecule has 8 N–H and O–H groups in total. The fourth-order valence-electron chi connectivity index (χ4n) is 6.20. The van der Waals surface area contributed by atoms with Crippen molar-refractivity contribution in [3.63, 3.8) is 0 Å². The predicted octanol–water partition coefficient (Wildman–Crippen LogP) is 3.27. The minimum Gasteiger partial charge on any atom is -0.391 e. The summed E-state index contributed by atoms with van der Waals surface area (Å²) in [5.41, 5.74) is 17.0. The molecule has 1 aliphatic heterocycles. The molecular formula is C39H54ClN7O6S. The maximum Gasteiger partial charge on any atom is 0.246 e. The summed E-state index contributed by atoms with van der Waals surface area (Å²) in [7, 11) is 0. The fraction of sp³-hybridized carbons (Fsp3) is 0.487. The zero-order valence-electron chi connectivity index (χ0n) is 31.4. The molecule has 4 atom stereocenters. The maximum absolute atomic E-state index is 13.9. The maximum atomic E-state index is 13.9. The lowest BCUT2D eigenvalue weighted by molar-refractivity contribution is -0.144. The van der Waals surface area contributed by atoms with Crippen LogP contribution in [-0.4, -0.2) is 75.3 Å². The molecule has 15 heteroatoms. The number of benzene rings is 2. The zero-order valence-corrected chi connectivity index (χ0v) is 33.1. The molecule has 1 aliphatic rings. The molecule has 0 bridgehead atoms. The van der Waals surface area contributed by atoms with E-state index in [1.165, 1.54) is 4.90 Å². The SMILES string of the molecule is Cc1ncsc1-c1ccc(CNC(=O)[C@@H]2C[C@@H](O)CN2C(=O)[C@@H](NC(=O)CCCCc2ccc(CNC(=O)[C@@H](N)CCC(N)=O)cc2)C(C)(C)C)cc1.Cl. The molecule has 5 amide bonds. The lowest BCUT2D eigenvalue weighted by atomic mass is 9.85. The monoisotopic (exact) mass is 783 g/mol. The average molecular weight is 784 g/mol. The van der Waals surface area contributed by atoms with Crippen LogP contribution in [-0.2, 0) is 43.5 Å². The molecule has 0 spiro atoms. The van der Waals surface area contributed by atoms with Crippen molar-refractivity contribution in [2.45, 2.75) is 110 Å². The van der Waals surface area contributed by atoms with Crippen molar-refractivity contribution in [1.82, 2.24) is 25.8 Å². The number of hydrogen-bond acceptors (Lipinski definition) is 9. The van der Waals surface area contributed by atoms with Gasteiger partial charge in [-0.25, -0.2) is 4.98 Å². The summed E-state index contributed by atoms with van der Waals surface area (Å²) < 4.78 is 0. The minimum atomic E-state index is -0.885. The number of aliphatic hydroxyl groups excluding tert-OH is 1. The lowest BCUT2D eigenvalue weighted by Crippen LogP contribution is -2.57. The van der Waals surface area contributed by atoms with E-state index in [-0.39, 0.29) is 68.9 Å². The van der Waals surface area contributed by atoms with Gasteiger partial charge in [0.25, 0.3) is 0 Å². The Morgan fingerprint density at radius 2 is 1.56 bits per heavy atom. The molecule has 1 saturated heterocycles. The van der Waals surface area contributed by atoms with Gasteiger partial charge in [-0.3, -0.25) is 24.0 Å². The molecular weight excluding hydrogens is 730 g/mol. The van der Waals surface area contributed by atoms with Crippen molar-refractivity contribution < 1.29 is 29.1 Å². The number of aliphatic hydroxyl groups is 1. The molecule has 13 nitrogen and oxygen atoms in total. The Bertz CT molecular complexity index is 1730. The van der Waals surface area contributed by atoms with E-state index in [1.54, 1.807) is 11.3 Å². The summed E-state index contributed by atoms with van der Waals surface area (Å²) in [5.74, 6) is -1.84. The molecule has 2 heterocycles. The predicted molar refractivity (Wildman–Crippen MR) is 211 cm³/mol. The van der Waals surface area contributed by atoms with Crippen LogP contribution < -0.4 is 27.4 Å². The van der Waals surface area contributed by atoms with Gasteiger partial charge in [-0.2, -0.15) is 0 Å². The molecule has 0 unspecified atom stereocenters. The molecule has 294 valence electrons.